The first-order chi connectivity index (χ1) is 8.13. The summed E-state index contributed by atoms with van der Waals surface area (Å²) in [6, 6.07) is 4.41. The summed E-state index contributed by atoms with van der Waals surface area (Å²) < 4.78 is 15.1. The Morgan fingerprint density at radius 2 is 2.24 bits per heavy atom. The predicted octanol–water partition coefficient (Wildman–Crippen LogP) is 2.37. The molecule has 1 heterocycles. The number of aliphatic hydroxyl groups excluding tert-OH is 1. The topological polar surface area (TPSA) is 42.2 Å². The number of hydrogen-bond acceptors (Lipinski definition) is 2. The molecule has 0 saturated carbocycles. The van der Waals surface area contributed by atoms with E-state index in [0.717, 1.165) is 5.52 Å². The van der Waals surface area contributed by atoms with Gasteiger partial charge in [-0.3, -0.25) is 4.79 Å². The van der Waals surface area contributed by atoms with Crippen molar-refractivity contribution in [3.63, 3.8) is 0 Å². The third-order valence-corrected chi connectivity index (χ3v) is 2.78. The molecule has 17 heavy (non-hydrogen) atoms. The van der Waals surface area contributed by atoms with E-state index < -0.39 is 0 Å². The van der Waals surface area contributed by atoms with Crippen molar-refractivity contribution in [3.8, 4) is 0 Å². The van der Waals surface area contributed by atoms with Crippen molar-refractivity contribution in [2.45, 2.75) is 19.9 Å². The summed E-state index contributed by atoms with van der Waals surface area (Å²) in [4.78, 5) is 11.5. The van der Waals surface area contributed by atoms with Crippen molar-refractivity contribution in [3.05, 3.63) is 35.8 Å². The minimum absolute atomic E-state index is 0.0802. The van der Waals surface area contributed by atoms with Gasteiger partial charge < -0.3 is 9.67 Å². The highest BCUT2D eigenvalue weighted by molar-refractivity contribution is 6.06. The van der Waals surface area contributed by atoms with E-state index in [1.165, 1.54) is 19.1 Å². The van der Waals surface area contributed by atoms with Gasteiger partial charge in [-0.15, -0.1) is 0 Å². The van der Waals surface area contributed by atoms with Crippen LogP contribution in [0.25, 0.3) is 10.9 Å². The van der Waals surface area contributed by atoms with Gasteiger partial charge in [0.25, 0.3) is 0 Å². The molecule has 0 spiro atoms. The van der Waals surface area contributed by atoms with Gasteiger partial charge in [-0.1, -0.05) is 0 Å². The number of nitrogens with zero attached hydrogens (tertiary/aromatic N) is 1. The highest BCUT2D eigenvalue weighted by atomic mass is 19.1. The summed E-state index contributed by atoms with van der Waals surface area (Å²) in [5, 5.41) is 9.45. The van der Waals surface area contributed by atoms with Crippen LogP contribution in [0.2, 0.25) is 0 Å². The number of rotatable bonds is 4. The van der Waals surface area contributed by atoms with E-state index in [-0.39, 0.29) is 18.2 Å². The molecule has 4 heteroatoms. The second kappa shape index (κ2) is 4.67. The lowest BCUT2D eigenvalue weighted by molar-refractivity contribution is 0.101. The van der Waals surface area contributed by atoms with Crippen LogP contribution in [0.4, 0.5) is 4.39 Å². The molecule has 2 aromatic rings. The molecule has 90 valence electrons. The van der Waals surface area contributed by atoms with Crippen LogP contribution < -0.4 is 0 Å². The molecule has 0 radical (unpaired) electrons. The zero-order chi connectivity index (χ0) is 12.4. The lowest BCUT2D eigenvalue weighted by Crippen LogP contribution is -1.98. The van der Waals surface area contributed by atoms with Crippen molar-refractivity contribution < 1.29 is 14.3 Å². The molecule has 1 aromatic heterocycles. The van der Waals surface area contributed by atoms with Gasteiger partial charge in [0, 0.05) is 35.8 Å². The fourth-order valence-electron chi connectivity index (χ4n) is 1.98. The first kappa shape index (κ1) is 11.8. The van der Waals surface area contributed by atoms with Gasteiger partial charge in [0.05, 0.1) is 0 Å². The molecule has 0 fully saturated rings. The normalized spacial score (nSPS) is 11.0. The molecular weight excluding hydrogens is 221 g/mol. The molecule has 0 bridgehead atoms. The van der Waals surface area contributed by atoms with E-state index in [9.17, 15) is 9.18 Å². The van der Waals surface area contributed by atoms with E-state index in [0.29, 0.717) is 23.9 Å². The predicted molar refractivity (Wildman–Crippen MR) is 63.6 cm³/mol. The fraction of sp³-hybridized carbons (Fsp3) is 0.308. The first-order valence-corrected chi connectivity index (χ1v) is 5.53. The Bertz CT molecular complexity index is 560. The zero-order valence-corrected chi connectivity index (χ0v) is 9.61. The van der Waals surface area contributed by atoms with Gasteiger partial charge in [0.2, 0.25) is 0 Å². The van der Waals surface area contributed by atoms with Crippen LogP contribution in [-0.4, -0.2) is 22.1 Å². The molecule has 0 aliphatic rings. The molecule has 0 saturated heterocycles. The van der Waals surface area contributed by atoms with Crippen LogP contribution >= 0.6 is 0 Å². The summed E-state index contributed by atoms with van der Waals surface area (Å²) in [6.07, 6.45) is 2.33. The van der Waals surface area contributed by atoms with Gasteiger partial charge in [0.15, 0.2) is 5.78 Å². The quantitative estimate of drug-likeness (QED) is 0.827. The largest absolute Gasteiger partial charge is 0.396 e. The molecule has 1 aromatic carbocycles. The van der Waals surface area contributed by atoms with Crippen molar-refractivity contribution in [2.24, 2.45) is 0 Å². The van der Waals surface area contributed by atoms with Crippen molar-refractivity contribution in [2.75, 3.05) is 6.61 Å². The summed E-state index contributed by atoms with van der Waals surface area (Å²) in [5.74, 6) is -0.428. The third kappa shape index (κ3) is 2.22. The number of ketones is 1. The molecule has 3 nitrogen and oxygen atoms in total. The Balaban J connectivity index is 2.58. The monoisotopic (exact) mass is 235 g/mol. The maximum atomic E-state index is 13.2. The minimum Gasteiger partial charge on any atom is -0.396 e. The smallest absolute Gasteiger partial charge is 0.161 e. The lowest BCUT2D eigenvalue weighted by Gasteiger charge is -2.02. The Labute approximate surface area is 98.5 Å². The SMILES string of the molecule is CC(=O)c1cn(CCCO)c2ccc(F)cc12. The average molecular weight is 235 g/mol. The second-order valence-electron chi connectivity index (χ2n) is 4.03. The standard InChI is InChI=1S/C13H14FNO2/c1-9(17)12-8-15(5-2-6-16)13-4-3-10(14)7-11(12)13/h3-4,7-8,16H,2,5-6H2,1H3. The van der Waals surface area contributed by atoms with Crippen LogP contribution in [0.1, 0.15) is 23.7 Å². The highest BCUT2D eigenvalue weighted by Crippen LogP contribution is 2.23. The van der Waals surface area contributed by atoms with Crippen molar-refractivity contribution in [1.82, 2.24) is 4.57 Å². The molecule has 0 aliphatic carbocycles. The molecule has 0 aliphatic heterocycles. The molecule has 0 amide bonds. The molecule has 0 atom stereocenters. The van der Waals surface area contributed by atoms with Gasteiger partial charge >= 0.3 is 0 Å². The Kier molecular flexibility index (Phi) is 3.24. The van der Waals surface area contributed by atoms with Crippen LogP contribution in [0.15, 0.2) is 24.4 Å². The lowest BCUT2D eigenvalue weighted by atomic mass is 10.1. The molecule has 2 rings (SSSR count). The molecular formula is C13H14FNO2. The minimum atomic E-state index is -0.347. The van der Waals surface area contributed by atoms with Crippen LogP contribution in [0.3, 0.4) is 0 Å². The summed E-state index contributed by atoms with van der Waals surface area (Å²) >= 11 is 0. The van der Waals surface area contributed by atoms with E-state index in [1.54, 1.807) is 12.3 Å². The van der Waals surface area contributed by atoms with Crippen LogP contribution in [-0.2, 0) is 6.54 Å². The van der Waals surface area contributed by atoms with Crippen LogP contribution in [0, 0.1) is 5.82 Å². The first-order valence-electron chi connectivity index (χ1n) is 5.53. The summed E-state index contributed by atoms with van der Waals surface area (Å²) in [6.45, 7) is 2.18. The number of aromatic nitrogens is 1. The highest BCUT2D eigenvalue weighted by Gasteiger charge is 2.12. The number of carbonyl (C=O) groups excluding carboxylic acids is 1. The molecule has 1 N–H and O–H groups in total. The number of Topliss-reactive ketones (excluding diaryl/α,β-unsaturated/α-hetero) is 1. The fourth-order valence-corrected chi connectivity index (χ4v) is 1.98. The maximum Gasteiger partial charge on any atom is 0.161 e. The number of aryl methyl sites for hydroxylation is 1. The number of carbonyl (C=O) groups is 1. The number of halogens is 1. The van der Waals surface area contributed by atoms with E-state index >= 15 is 0 Å². The van der Waals surface area contributed by atoms with E-state index in [1.807, 2.05) is 4.57 Å². The summed E-state index contributed by atoms with van der Waals surface area (Å²) in [5.41, 5.74) is 1.35. The Hall–Kier alpha value is -1.68. The molecule has 0 unspecified atom stereocenters. The Morgan fingerprint density at radius 3 is 2.88 bits per heavy atom. The number of hydrogen-bond donors (Lipinski definition) is 1. The van der Waals surface area contributed by atoms with Gasteiger partial charge in [-0.2, -0.15) is 0 Å². The number of benzene rings is 1. The van der Waals surface area contributed by atoms with Gasteiger partial charge in [-0.05, 0) is 31.5 Å². The van der Waals surface area contributed by atoms with Gasteiger partial charge in [-0.25, -0.2) is 4.39 Å². The van der Waals surface area contributed by atoms with Crippen molar-refractivity contribution >= 4 is 16.7 Å². The third-order valence-electron chi connectivity index (χ3n) is 2.78. The van der Waals surface area contributed by atoms with E-state index in [4.69, 9.17) is 5.11 Å². The second-order valence-corrected chi connectivity index (χ2v) is 4.03. The van der Waals surface area contributed by atoms with E-state index in [2.05, 4.69) is 0 Å². The summed E-state index contributed by atoms with van der Waals surface area (Å²) in [7, 11) is 0. The van der Waals surface area contributed by atoms with Crippen LogP contribution in [0.5, 0.6) is 0 Å². The maximum absolute atomic E-state index is 13.2. The number of fused-ring (bicyclic) bond motifs is 1. The zero-order valence-electron chi connectivity index (χ0n) is 9.61. The average Bonchev–Trinajstić information content (AvgIpc) is 2.64. The van der Waals surface area contributed by atoms with Crippen molar-refractivity contribution in [1.29, 1.82) is 0 Å². The number of aliphatic hydroxyl groups is 1. The Morgan fingerprint density at radius 1 is 1.47 bits per heavy atom. The van der Waals surface area contributed by atoms with Gasteiger partial charge in [0.1, 0.15) is 5.82 Å².